The van der Waals surface area contributed by atoms with E-state index in [9.17, 15) is 26.7 Å². The van der Waals surface area contributed by atoms with Crippen LogP contribution in [0.15, 0.2) is 30.3 Å². The van der Waals surface area contributed by atoms with Gasteiger partial charge in [-0.2, -0.15) is 13.2 Å². The number of halogens is 5. The number of hydrogen-bond acceptors (Lipinski definition) is 2. The minimum Gasteiger partial charge on any atom is -0.385 e. The molecule has 0 fully saturated rings. The van der Waals surface area contributed by atoms with Crippen LogP contribution in [0, 0.1) is 18.6 Å². The van der Waals surface area contributed by atoms with Crippen LogP contribution in [0.4, 0.5) is 27.6 Å². The maximum absolute atomic E-state index is 13.6. The summed E-state index contributed by atoms with van der Waals surface area (Å²) in [6.45, 7) is 3.68. The molecule has 2 aromatic carbocycles. The van der Waals surface area contributed by atoms with Gasteiger partial charge in [-0.15, -0.1) is 0 Å². The second-order valence-electron chi connectivity index (χ2n) is 6.76. The third-order valence-electron chi connectivity index (χ3n) is 4.45. The first-order chi connectivity index (χ1) is 13.6. The van der Waals surface area contributed by atoms with Crippen LogP contribution < -0.4 is 10.6 Å². The first-order valence-corrected chi connectivity index (χ1v) is 9.27. The van der Waals surface area contributed by atoms with Gasteiger partial charge in [-0.3, -0.25) is 4.79 Å². The average Bonchev–Trinajstić information content (AvgIpc) is 2.66. The predicted molar refractivity (Wildman–Crippen MR) is 101 cm³/mol. The van der Waals surface area contributed by atoms with E-state index in [0.29, 0.717) is 23.4 Å². The van der Waals surface area contributed by atoms with E-state index in [0.717, 1.165) is 30.7 Å². The van der Waals surface area contributed by atoms with Crippen molar-refractivity contribution in [3.05, 3.63) is 64.2 Å². The highest BCUT2D eigenvalue weighted by molar-refractivity contribution is 5.76. The molecule has 0 saturated carbocycles. The number of anilines is 1. The molecule has 0 aliphatic carbocycles. The monoisotopic (exact) mass is 414 g/mol. The third kappa shape index (κ3) is 6.44. The van der Waals surface area contributed by atoms with Crippen molar-refractivity contribution in [1.82, 2.24) is 5.32 Å². The highest BCUT2D eigenvalue weighted by Gasteiger charge is 2.31. The summed E-state index contributed by atoms with van der Waals surface area (Å²) < 4.78 is 65.9. The molecular formula is C21H23F5N2O. The zero-order valence-corrected chi connectivity index (χ0v) is 16.2. The van der Waals surface area contributed by atoms with Crippen molar-refractivity contribution in [1.29, 1.82) is 0 Å². The first kappa shape index (κ1) is 22.6. The molecule has 3 nitrogen and oxygen atoms in total. The predicted octanol–water partition coefficient (Wildman–Crippen LogP) is 5.36. The van der Waals surface area contributed by atoms with Crippen LogP contribution in [-0.4, -0.2) is 12.5 Å². The van der Waals surface area contributed by atoms with Crippen molar-refractivity contribution >= 4 is 11.6 Å². The molecule has 0 unspecified atom stereocenters. The fourth-order valence-corrected chi connectivity index (χ4v) is 2.73. The lowest BCUT2D eigenvalue weighted by molar-refractivity contribution is -0.137. The van der Waals surface area contributed by atoms with Crippen LogP contribution >= 0.6 is 0 Å². The summed E-state index contributed by atoms with van der Waals surface area (Å²) in [6, 6.07) is 5.70. The molecule has 0 saturated heterocycles. The van der Waals surface area contributed by atoms with Crippen LogP contribution in [0.25, 0.3) is 0 Å². The van der Waals surface area contributed by atoms with E-state index in [1.807, 2.05) is 6.92 Å². The quantitative estimate of drug-likeness (QED) is 0.571. The molecule has 0 aliphatic heterocycles. The van der Waals surface area contributed by atoms with E-state index in [4.69, 9.17) is 0 Å². The normalized spacial score (nSPS) is 11.4. The summed E-state index contributed by atoms with van der Waals surface area (Å²) in [6.07, 6.45) is -3.45. The lowest BCUT2D eigenvalue weighted by Gasteiger charge is -2.15. The second-order valence-corrected chi connectivity index (χ2v) is 6.76. The first-order valence-electron chi connectivity index (χ1n) is 9.27. The number of amides is 1. The Kier molecular flexibility index (Phi) is 7.59. The molecule has 2 rings (SSSR count). The summed E-state index contributed by atoms with van der Waals surface area (Å²) in [5.74, 6) is -1.75. The number of alkyl halides is 3. The summed E-state index contributed by atoms with van der Waals surface area (Å²) in [4.78, 5) is 12.1. The highest BCUT2D eigenvalue weighted by Crippen LogP contribution is 2.32. The minimum absolute atomic E-state index is 0.0307. The lowest BCUT2D eigenvalue weighted by Crippen LogP contribution is -2.23. The largest absolute Gasteiger partial charge is 0.416 e. The van der Waals surface area contributed by atoms with E-state index in [-0.39, 0.29) is 30.9 Å². The number of carbonyl (C=O) groups is 1. The topological polar surface area (TPSA) is 41.1 Å². The van der Waals surface area contributed by atoms with Gasteiger partial charge in [0.1, 0.15) is 11.6 Å². The van der Waals surface area contributed by atoms with E-state index < -0.39 is 23.4 Å². The Morgan fingerprint density at radius 2 is 1.72 bits per heavy atom. The minimum atomic E-state index is -4.45. The Morgan fingerprint density at radius 1 is 1.07 bits per heavy atom. The molecule has 0 spiro atoms. The molecule has 2 N–H and O–H groups in total. The Bertz CT molecular complexity index is 842. The van der Waals surface area contributed by atoms with E-state index in [1.165, 1.54) is 13.0 Å². The summed E-state index contributed by atoms with van der Waals surface area (Å²) in [5.41, 5.74) is 0.382. The summed E-state index contributed by atoms with van der Waals surface area (Å²) >= 11 is 0. The lowest BCUT2D eigenvalue weighted by atomic mass is 10.0. The van der Waals surface area contributed by atoms with Gasteiger partial charge in [0.25, 0.3) is 0 Å². The number of benzene rings is 2. The fourth-order valence-electron chi connectivity index (χ4n) is 2.73. The molecular weight excluding hydrogens is 391 g/mol. The van der Waals surface area contributed by atoms with E-state index in [1.54, 1.807) is 0 Å². The van der Waals surface area contributed by atoms with Gasteiger partial charge >= 0.3 is 6.18 Å². The van der Waals surface area contributed by atoms with Gasteiger partial charge in [-0.05, 0) is 55.2 Å². The van der Waals surface area contributed by atoms with Gasteiger partial charge in [-0.1, -0.05) is 13.0 Å². The smallest absolute Gasteiger partial charge is 0.385 e. The molecule has 1 amide bonds. The van der Waals surface area contributed by atoms with Gasteiger partial charge in [0.05, 0.1) is 5.56 Å². The van der Waals surface area contributed by atoms with Gasteiger partial charge in [0, 0.05) is 30.8 Å². The Morgan fingerprint density at radius 3 is 2.31 bits per heavy atom. The van der Waals surface area contributed by atoms with Crippen LogP contribution in [0.2, 0.25) is 0 Å². The zero-order chi connectivity index (χ0) is 21.6. The number of nitrogens with one attached hydrogen (secondary N) is 2. The molecule has 0 radical (unpaired) electrons. The molecule has 0 heterocycles. The maximum atomic E-state index is 13.6. The van der Waals surface area contributed by atoms with E-state index in [2.05, 4.69) is 10.6 Å². The van der Waals surface area contributed by atoms with Crippen molar-refractivity contribution in [2.24, 2.45) is 0 Å². The average molecular weight is 414 g/mol. The number of aryl methyl sites for hydroxylation is 1. The zero-order valence-electron chi connectivity index (χ0n) is 16.2. The molecule has 2 aromatic rings. The standard InChI is InChI=1S/C21H23F5N2O/c1-3-8-27-19-11-16(21(24,25)26)6-4-15(19)5-7-20(29)28-12-14-9-17(22)13(2)18(23)10-14/h4,6,9-11,27H,3,5,7-8,12H2,1-2H3,(H,28,29). The second kappa shape index (κ2) is 9.71. The summed E-state index contributed by atoms with van der Waals surface area (Å²) in [5, 5.41) is 5.53. The van der Waals surface area contributed by atoms with Crippen molar-refractivity contribution in [3.63, 3.8) is 0 Å². The Balaban J connectivity index is 2.00. The molecule has 0 atom stereocenters. The molecule has 0 aliphatic rings. The van der Waals surface area contributed by atoms with Crippen LogP contribution in [-0.2, 0) is 23.9 Å². The van der Waals surface area contributed by atoms with Gasteiger partial charge in [-0.25, -0.2) is 8.78 Å². The molecule has 0 aromatic heterocycles. The maximum Gasteiger partial charge on any atom is 0.416 e. The number of hydrogen-bond donors (Lipinski definition) is 2. The number of carbonyl (C=O) groups excluding carboxylic acids is 1. The molecule has 8 heteroatoms. The SMILES string of the molecule is CCCNc1cc(C(F)(F)F)ccc1CCC(=O)NCc1cc(F)c(C)c(F)c1. The van der Waals surface area contributed by atoms with Crippen LogP contribution in [0.1, 0.15) is 42.0 Å². The van der Waals surface area contributed by atoms with Crippen molar-refractivity contribution in [2.45, 2.75) is 45.8 Å². The molecule has 29 heavy (non-hydrogen) atoms. The van der Waals surface area contributed by atoms with Crippen molar-refractivity contribution < 1.29 is 26.7 Å². The Labute approximate surface area is 166 Å². The van der Waals surface area contributed by atoms with Crippen molar-refractivity contribution in [3.8, 4) is 0 Å². The third-order valence-corrected chi connectivity index (χ3v) is 4.45. The van der Waals surface area contributed by atoms with Gasteiger partial charge < -0.3 is 10.6 Å². The summed E-state index contributed by atoms with van der Waals surface area (Å²) in [7, 11) is 0. The molecule has 158 valence electrons. The Hall–Kier alpha value is -2.64. The highest BCUT2D eigenvalue weighted by atomic mass is 19.4. The number of rotatable bonds is 8. The van der Waals surface area contributed by atoms with Crippen LogP contribution in [0.3, 0.4) is 0 Å². The van der Waals surface area contributed by atoms with E-state index >= 15 is 0 Å². The molecule has 0 bridgehead atoms. The fraction of sp³-hybridized carbons (Fsp3) is 0.381. The van der Waals surface area contributed by atoms with Gasteiger partial charge in [0.2, 0.25) is 5.91 Å². The van der Waals surface area contributed by atoms with Gasteiger partial charge in [0.15, 0.2) is 0 Å². The van der Waals surface area contributed by atoms with Crippen LogP contribution in [0.5, 0.6) is 0 Å². The van der Waals surface area contributed by atoms with Crippen molar-refractivity contribution in [2.75, 3.05) is 11.9 Å².